The first kappa shape index (κ1) is 19.8. The van der Waals surface area contributed by atoms with Crippen molar-refractivity contribution in [3.05, 3.63) is 33.9 Å². The topological polar surface area (TPSA) is 118 Å². The number of nitro groups is 1. The zero-order valence-electron chi connectivity index (χ0n) is 14.8. The van der Waals surface area contributed by atoms with E-state index in [4.69, 9.17) is 0 Å². The predicted molar refractivity (Wildman–Crippen MR) is 93.5 cm³/mol. The van der Waals surface area contributed by atoms with Crippen LogP contribution in [0.2, 0.25) is 0 Å². The van der Waals surface area contributed by atoms with E-state index >= 15 is 0 Å². The van der Waals surface area contributed by atoms with Crippen molar-refractivity contribution >= 4 is 27.3 Å². The number of piperazine rings is 1. The molecule has 1 aromatic rings. The Labute approximate surface area is 151 Å². The molecular formula is C16H21N3O6S. The van der Waals surface area contributed by atoms with E-state index in [0.29, 0.717) is 13.1 Å². The Morgan fingerprint density at radius 2 is 1.62 bits per heavy atom. The summed E-state index contributed by atoms with van der Waals surface area (Å²) >= 11 is 0. The minimum absolute atomic E-state index is 0.00631. The van der Waals surface area contributed by atoms with Crippen LogP contribution in [0, 0.1) is 16.0 Å². The van der Waals surface area contributed by atoms with Crippen LogP contribution in [0.1, 0.15) is 24.2 Å². The molecule has 2 rings (SSSR count). The minimum atomic E-state index is -3.70. The van der Waals surface area contributed by atoms with Crippen LogP contribution in [-0.4, -0.2) is 67.4 Å². The van der Waals surface area contributed by atoms with Gasteiger partial charge in [-0.05, 0) is 6.07 Å². The summed E-state index contributed by atoms with van der Waals surface area (Å²) < 4.78 is 23.5. The monoisotopic (exact) mass is 383 g/mol. The molecule has 0 aliphatic carbocycles. The minimum Gasteiger partial charge on any atom is -0.339 e. The van der Waals surface area contributed by atoms with E-state index in [9.17, 15) is 28.1 Å². The first-order valence-corrected chi connectivity index (χ1v) is 9.97. The highest BCUT2D eigenvalue weighted by Gasteiger charge is 2.27. The number of carbonyl (C=O) groups is 2. The molecule has 0 unspecified atom stereocenters. The van der Waals surface area contributed by atoms with Gasteiger partial charge in [-0.3, -0.25) is 19.7 Å². The van der Waals surface area contributed by atoms with Crippen LogP contribution in [0.3, 0.4) is 0 Å². The first-order valence-electron chi connectivity index (χ1n) is 8.08. The molecule has 0 N–H and O–H groups in total. The summed E-state index contributed by atoms with van der Waals surface area (Å²) in [5.41, 5.74) is -0.506. The second kappa shape index (κ2) is 7.40. The molecule has 1 heterocycles. The maximum atomic E-state index is 12.7. The van der Waals surface area contributed by atoms with Crippen LogP contribution in [0.5, 0.6) is 0 Å². The van der Waals surface area contributed by atoms with Crippen LogP contribution in [0.15, 0.2) is 23.1 Å². The maximum Gasteiger partial charge on any atom is 0.271 e. The van der Waals surface area contributed by atoms with Crippen molar-refractivity contribution in [1.82, 2.24) is 9.80 Å². The molecule has 0 atom stereocenters. The summed E-state index contributed by atoms with van der Waals surface area (Å²) in [7, 11) is -3.70. The Bertz CT molecular complexity index is 842. The van der Waals surface area contributed by atoms with E-state index in [0.717, 1.165) is 24.5 Å². The number of amides is 2. The third-order valence-corrected chi connectivity index (χ3v) is 5.24. The Kier molecular flexibility index (Phi) is 5.65. The second-order valence-electron chi connectivity index (χ2n) is 6.52. The van der Waals surface area contributed by atoms with Gasteiger partial charge in [0.05, 0.1) is 9.82 Å². The van der Waals surface area contributed by atoms with Crippen molar-refractivity contribution in [3.63, 3.8) is 0 Å². The Balaban J connectivity index is 2.24. The van der Waals surface area contributed by atoms with E-state index in [2.05, 4.69) is 0 Å². The molecule has 9 nitrogen and oxygen atoms in total. The van der Waals surface area contributed by atoms with Crippen LogP contribution in [0.25, 0.3) is 0 Å². The first-order chi connectivity index (χ1) is 12.0. The van der Waals surface area contributed by atoms with Gasteiger partial charge in [-0.1, -0.05) is 13.8 Å². The fraction of sp³-hybridized carbons (Fsp3) is 0.500. The quantitative estimate of drug-likeness (QED) is 0.564. The van der Waals surface area contributed by atoms with E-state index in [1.54, 1.807) is 18.7 Å². The van der Waals surface area contributed by atoms with Crippen LogP contribution in [0.4, 0.5) is 5.69 Å². The molecular weight excluding hydrogens is 362 g/mol. The molecule has 1 saturated heterocycles. The van der Waals surface area contributed by atoms with Crippen LogP contribution in [-0.2, 0) is 14.6 Å². The Morgan fingerprint density at radius 1 is 1.08 bits per heavy atom. The molecule has 26 heavy (non-hydrogen) atoms. The van der Waals surface area contributed by atoms with E-state index < -0.39 is 26.4 Å². The number of hydrogen-bond acceptors (Lipinski definition) is 6. The molecule has 0 spiro atoms. The number of sulfone groups is 1. The Morgan fingerprint density at radius 3 is 2.08 bits per heavy atom. The van der Waals surface area contributed by atoms with Crippen molar-refractivity contribution in [2.45, 2.75) is 18.7 Å². The van der Waals surface area contributed by atoms with E-state index in [1.807, 2.05) is 0 Å². The van der Waals surface area contributed by atoms with Gasteiger partial charge >= 0.3 is 0 Å². The van der Waals surface area contributed by atoms with Gasteiger partial charge in [0, 0.05) is 56.0 Å². The van der Waals surface area contributed by atoms with Gasteiger partial charge in [0.1, 0.15) is 0 Å². The number of rotatable bonds is 4. The summed E-state index contributed by atoms with van der Waals surface area (Å²) in [4.78, 5) is 37.9. The number of benzene rings is 1. The van der Waals surface area contributed by atoms with Gasteiger partial charge < -0.3 is 9.80 Å². The molecule has 1 aliphatic rings. The third-order valence-electron chi connectivity index (χ3n) is 4.15. The lowest BCUT2D eigenvalue weighted by atomic mass is 10.1. The smallest absolute Gasteiger partial charge is 0.271 e. The van der Waals surface area contributed by atoms with Gasteiger partial charge in [-0.25, -0.2) is 8.42 Å². The zero-order chi connectivity index (χ0) is 19.6. The Hall–Kier alpha value is -2.49. The summed E-state index contributed by atoms with van der Waals surface area (Å²) in [5, 5.41) is 11.1. The average Bonchev–Trinajstić information content (AvgIpc) is 2.59. The van der Waals surface area contributed by atoms with E-state index in [1.165, 1.54) is 4.90 Å². The fourth-order valence-corrected chi connectivity index (χ4v) is 3.38. The number of nitrogens with zero attached hydrogens (tertiary/aromatic N) is 3. The molecule has 0 aromatic heterocycles. The molecule has 10 heteroatoms. The third kappa shape index (κ3) is 4.37. The van der Waals surface area contributed by atoms with Gasteiger partial charge in [0.2, 0.25) is 5.91 Å². The van der Waals surface area contributed by atoms with Gasteiger partial charge in [-0.2, -0.15) is 0 Å². The predicted octanol–water partition coefficient (Wildman–Crippen LogP) is 0.939. The summed E-state index contributed by atoms with van der Waals surface area (Å²) in [5.74, 6) is -0.617. The molecule has 2 amide bonds. The molecule has 1 fully saturated rings. The summed E-state index contributed by atoms with van der Waals surface area (Å²) in [6, 6.07) is 3.16. The van der Waals surface area contributed by atoms with Crippen molar-refractivity contribution < 1.29 is 22.9 Å². The zero-order valence-corrected chi connectivity index (χ0v) is 15.7. The van der Waals surface area contributed by atoms with Gasteiger partial charge in [0.25, 0.3) is 11.6 Å². The van der Waals surface area contributed by atoms with Crippen molar-refractivity contribution in [2.75, 3.05) is 32.4 Å². The summed E-state index contributed by atoms with van der Waals surface area (Å²) in [6.07, 6.45) is 0.927. The van der Waals surface area contributed by atoms with Crippen molar-refractivity contribution in [2.24, 2.45) is 5.92 Å². The van der Waals surface area contributed by atoms with E-state index in [-0.39, 0.29) is 35.4 Å². The highest BCUT2D eigenvalue weighted by molar-refractivity contribution is 7.90. The molecule has 0 bridgehead atoms. The van der Waals surface area contributed by atoms with Gasteiger partial charge in [0.15, 0.2) is 9.84 Å². The number of nitro benzene ring substituents is 1. The highest BCUT2D eigenvalue weighted by Crippen LogP contribution is 2.22. The molecule has 1 aromatic carbocycles. The molecule has 142 valence electrons. The lowest BCUT2D eigenvalue weighted by Gasteiger charge is -2.35. The van der Waals surface area contributed by atoms with Crippen molar-refractivity contribution in [3.8, 4) is 0 Å². The maximum absolute atomic E-state index is 12.7. The average molecular weight is 383 g/mol. The van der Waals surface area contributed by atoms with Crippen LogP contribution >= 0.6 is 0 Å². The highest BCUT2D eigenvalue weighted by atomic mass is 32.2. The fourth-order valence-electron chi connectivity index (χ4n) is 2.70. The van der Waals surface area contributed by atoms with Crippen LogP contribution < -0.4 is 0 Å². The lowest BCUT2D eigenvalue weighted by Crippen LogP contribution is -2.51. The normalized spacial score (nSPS) is 15.2. The molecule has 0 saturated carbocycles. The number of non-ortho nitro benzene ring substituents is 1. The summed E-state index contributed by atoms with van der Waals surface area (Å²) in [6.45, 7) is 4.92. The lowest BCUT2D eigenvalue weighted by molar-refractivity contribution is -0.385. The number of carbonyl (C=O) groups excluding carboxylic acids is 2. The van der Waals surface area contributed by atoms with Gasteiger partial charge in [-0.15, -0.1) is 0 Å². The molecule has 0 radical (unpaired) electrons. The molecule has 1 aliphatic heterocycles. The van der Waals surface area contributed by atoms with Crippen molar-refractivity contribution in [1.29, 1.82) is 0 Å². The largest absolute Gasteiger partial charge is 0.339 e. The second-order valence-corrected chi connectivity index (χ2v) is 8.53. The number of hydrogen-bond donors (Lipinski definition) is 0. The SMILES string of the molecule is CC(C)C(=O)N1CCN(C(=O)c2cc([N+](=O)[O-])cc(S(C)(=O)=O)c2)CC1. The standard InChI is InChI=1S/C16H21N3O6S/c1-11(2)15(20)17-4-6-18(7-5-17)16(21)12-8-13(19(22)23)10-14(9-12)26(3,24)25/h8-11H,4-7H2,1-3H3.